The molecular weight excluding hydrogens is 341 g/mol. The van der Waals surface area contributed by atoms with Crippen molar-refractivity contribution in [2.75, 3.05) is 18.0 Å². The van der Waals surface area contributed by atoms with Crippen molar-refractivity contribution in [3.8, 4) is 0 Å². The topological polar surface area (TPSA) is 46.6 Å². The molecule has 2 unspecified atom stereocenters. The van der Waals surface area contributed by atoms with Crippen LogP contribution in [0, 0.1) is 12.7 Å². The molecule has 0 aliphatic carbocycles. The maximum absolute atomic E-state index is 14.0. The standard InChI is InChI=1S/C19H20FNO3S/c1-12-3-5-14(6-4-12)25(22,23)24-18-11-21-10-9-16-17(20)8-7-15(13(18)2)19(16)21/h3-8,13,18H,9-11H2,1-2H3. The number of halogens is 1. The molecule has 6 heteroatoms. The van der Waals surface area contributed by atoms with Crippen molar-refractivity contribution in [2.24, 2.45) is 0 Å². The zero-order valence-electron chi connectivity index (χ0n) is 14.2. The summed E-state index contributed by atoms with van der Waals surface area (Å²) in [6.07, 6.45) is 0.161. The molecule has 2 atom stereocenters. The maximum atomic E-state index is 14.0. The fraction of sp³-hybridized carbons (Fsp3) is 0.368. The van der Waals surface area contributed by atoms with E-state index in [1.165, 1.54) is 6.07 Å². The first-order chi connectivity index (χ1) is 11.9. The van der Waals surface area contributed by atoms with E-state index in [9.17, 15) is 12.8 Å². The lowest BCUT2D eigenvalue weighted by Crippen LogP contribution is -2.41. The van der Waals surface area contributed by atoms with E-state index in [-0.39, 0.29) is 16.6 Å². The van der Waals surface area contributed by atoms with Crippen LogP contribution in [0.25, 0.3) is 0 Å². The van der Waals surface area contributed by atoms with Crippen LogP contribution in [0.15, 0.2) is 41.3 Å². The van der Waals surface area contributed by atoms with Crippen LogP contribution in [-0.2, 0) is 20.7 Å². The Balaban J connectivity index is 1.65. The van der Waals surface area contributed by atoms with E-state index >= 15 is 0 Å². The molecule has 25 heavy (non-hydrogen) atoms. The average molecular weight is 361 g/mol. The number of anilines is 1. The predicted molar refractivity (Wildman–Crippen MR) is 94.0 cm³/mol. The number of rotatable bonds is 3. The van der Waals surface area contributed by atoms with Crippen LogP contribution in [0.1, 0.15) is 29.5 Å². The summed E-state index contributed by atoms with van der Waals surface area (Å²) in [7, 11) is -3.84. The summed E-state index contributed by atoms with van der Waals surface area (Å²) < 4.78 is 44.9. The molecule has 2 aliphatic rings. The second kappa shape index (κ2) is 5.81. The van der Waals surface area contributed by atoms with E-state index in [1.807, 2.05) is 18.7 Å². The number of benzene rings is 2. The molecule has 0 fully saturated rings. The Morgan fingerprint density at radius 2 is 1.88 bits per heavy atom. The van der Waals surface area contributed by atoms with Crippen LogP contribution in [0.3, 0.4) is 0 Å². The Hall–Kier alpha value is -1.92. The van der Waals surface area contributed by atoms with Gasteiger partial charge in [0.2, 0.25) is 0 Å². The summed E-state index contributed by atoms with van der Waals surface area (Å²) in [5.74, 6) is -0.302. The Labute approximate surface area is 147 Å². The number of hydrogen-bond acceptors (Lipinski definition) is 4. The fourth-order valence-corrected chi connectivity index (χ4v) is 4.90. The van der Waals surface area contributed by atoms with Gasteiger partial charge in [-0.05, 0) is 37.1 Å². The first kappa shape index (κ1) is 16.5. The Morgan fingerprint density at radius 1 is 1.16 bits per heavy atom. The third-order valence-electron chi connectivity index (χ3n) is 5.21. The molecule has 4 rings (SSSR count). The smallest absolute Gasteiger partial charge is 0.297 e. The summed E-state index contributed by atoms with van der Waals surface area (Å²) in [6, 6.07) is 9.87. The van der Waals surface area contributed by atoms with Gasteiger partial charge >= 0.3 is 0 Å². The first-order valence-corrected chi connectivity index (χ1v) is 9.84. The summed E-state index contributed by atoms with van der Waals surface area (Å²) in [5, 5.41) is 0. The highest BCUT2D eigenvalue weighted by molar-refractivity contribution is 7.86. The lowest BCUT2D eigenvalue weighted by Gasteiger charge is -2.37. The summed E-state index contributed by atoms with van der Waals surface area (Å²) in [4.78, 5) is 2.21. The van der Waals surface area contributed by atoms with E-state index < -0.39 is 16.2 Å². The molecule has 2 aromatic rings. The molecule has 2 heterocycles. The third kappa shape index (κ3) is 2.73. The SMILES string of the molecule is Cc1ccc(S(=O)(=O)OC2CN3CCc4c(F)ccc(c43)C2C)cc1. The van der Waals surface area contributed by atoms with Crippen LogP contribution < -0.4 is 4.90 Å². The molecule has 0 bridgehead atoms. The molecule has 0 N–H and O–H groups in total. The number of nitrogens with zero attached hydrogens (tertiary/aromatic N) is 1. The van der Waals surface area contributed by atoms with Gasteiger partial charge in [-0.2, -0.15) is 8.42 Å². The summed E-state index contributed by atoms with van der Waals surface area (Å²) >= 11 is 0. The van der Waals surface area contributed by atoms with Crippen LogP contribution in [-0.4, -0.2) is 27.6 Å². The van der Waals surface area contributed by atoms with Crippen LogP contribution >= 0.6 is 0 Å². The Morgan fingerprint density at radius 3 is 2.60 bits per heavy atom. The monoisotopic (exact) mass is 361 g/mol. The summed E-state index contributed by atoms with van der Waals surface area (Å²) in [6.45, 7) is 5.00. The Kier molecular flexibility index (Phi) is 3.85. The van der Waals surface area contributed by atoms with Gasteiger partial charge in [-0.1, -0.05) is 30.7 Å². The van der Waals surface area contributed by atoms with Gasteiger partial charge in [0.1, 0.15) is 11.9 Å². The highest BCUT2D eigenvalue weighted by Gasteiger charge is 2.39. The minimum Gasteiger partial charge on any atom is -0.368 e. The number of hydrogen-bond donors (Lipinski definition) is 0. The molecule has 0 saturated carbocycles. The first-order valence-electron chi connectivity index (χ1n) is 8.43. The molecule has 2 aromatic carbocycles. The van der Waals surface area contributed by atoms with Gasteiger partial charge in [0.05, 0.1) is 4.90 Å². The van der Waals surface area contributed by atoms with Crippen molar-refractivity contribution in [1.29, 1.82) is 0 Å². The lowest BCUT2D eigenvalue weighted by molar-refractivity contribution is 0.183. The molecular formula is C19H20FNO3S. The maximum Gasteiger partial charge on any atom is 0.297 e. The average Bonchev–Trinajstić information content (AvgIpc) is 2.99. The van der Waals surface area contributed by atoms with E-state index in [0.29, 0.717) is 19.5 Å². The van der Waals surface area contributed by atoms with E-state index in [2.05, 4.69) is 0 Å². The van der Waals surface area contributed by atoms with Gasteiger partial charge in [-0.25, -0.2) is 4.39 Å². The van der Waals surface area contributed by atoms with Gasteiger partial charge in [-0.3, -0.25) is 4.18 Å². The third-order valence-corrected chi connectivity index (χ3v) is 6.56. The van der Waals surface area contributed by atoms with Crippen molar-refractivity contribution < 1.29 is 17.0 Å². The van der Waals surface area contributed by atoms with Gasteiger partial charge in [-0.15, -0.1) is 0 Å². The van der Waals surface area contributed by atoms with Crippen LogP contribution in [0.5, 0.6) is 0 Å². The largest absolute Gasteiger partial charge is 0.368 e. The predicted octanol–water partition coefficient (Wildman–Crippen LogP) is 3.39. The van der Waals surface area contributed by atoms with Gasteiger partial charge in [0.25, 0.3) is 10.1 Å². The fourth-order valence-electron chi connectivity index (χ4n) is 3.76. The van der Waals surface area contributed by atoms with Crippen molar-refractivity contribution in [3.63, 3.8) is 0 Å². The van der Waals surface area contributed by atoms with E-state index in [4.69, 9.17) is 4.18 Å². The molecule has 2 aliphatic heterocycles. The second-order valence-corrected chi connectivity index (χ2v) is 8.42. The van der Waals surface area contributed by atoms with Gasteiger partial charge in [0.15, 0.2) is 0 Å². The van der Waals surface area contributed by atoms with Gasteiger partial charge < -0.3 is 4.90 Å². The minimum atomic E-state index is -3.84. The van der Waals surface area contributed by atoms with E-state index in [0.717, 1.165) is 22.4 Å². The van der Waals surface area contributed by atoms with Gasteiger partial charge in [0, 0.05) is 30.3 Å². The summed E-state index contributed by atoms with van der Waals surface area (Å²) in [5.41, 5.74) is 3.62. The van der Waals surface area contributed by atoms with Crippen LogP contribution in [0.4, 0.5) is 10.1 Å². The van der Waals surface area contributed by atoms with Crippen molar-refractivity contribution in [2.45, 2.75) is 37.2 Å². The molecule has 0 saturated heterocycles. The second-order valence-electron chi connectivity index (χ2n) is 6.85. The Bertz CT molecular complexity index is 924. The molecule has 0 spiro atoms. The van der Waals surface area contributed by atoms with Crippen molar-refractivity contribution >= 4 is 15.8 Å². The molecule has 0 aromatic heterocycles. The molecule has 0 amide bonds. The zero-order valence-corrected chi connectivity index (χ0v) is 15.0. The normalized spacial score (nSPS) is 22.1. The van der Waals surface area contributed by atoms with Crippen LogP contribution in [0.2, 0.25) is 0 Å². The highest BCUT2D eigenvalue weighted by Crippen LogP contribution is 2.43. The zero-order chi connectivity index (χ0) is 17.8. The molecule has 4 nitrogen and oxygen atoms in total. The minimum absolute atomic E-state index is 0.121. The number of aryl methyl sites for hydroxylation is 1. The highest BCUT2D eigenvalue weighted by atomic mass is 32.2. The quantitative estimate of drug-likeness (QED) is 0.786. The molecule has 0 radical (unpaired) electrons. The van der Waals surface area contributed by atoms with Crippen molar-refractivity contribution in [1.82, 2.24) is 0 Å². The lowest BCUT2D eigenvalue weighted by atomic mass is 9.88. The van der Waals surface area contributed by atoms with Crippen molar-refractivity contribution in [3.05, 3.63) is 58.9 Å². The van der Waals surface area contributed by atoms with E-state index in [1.54, 1.807) is 30.3 Å². The molecule has 132 valence electrons.